The van der Waals surface area contributed by atoms with Gasteiger partial charge in [-0.05, 0) is 24.6 Å². The maximum atomic E-state index is 11.9. The van der Waals surface area contributed by atoms with Crippen LogP contribution >= 0.6 is 0 Å². The fourth-order valence-corrected chi connectivity index (χ4v) is 2.06. The van der Waals surface area contributed by atoms with Crippen LogP contribution in [0.5, 0.6) is 5.75 Å². The third-order valence-corrected chi connectivity index (χ3v) is 3.05. The standard InChI is InChI=1S/C14H18N2O4/c1-2-19-14(18)5-6-16-11-7-10(8-15)3-4-12(11)20-9-13(16)17/h3-4,7H,2,5-6,8-9,15H2,1H3. The number of esters is 1. The van der Waals surface area contributed by atoms with Crippen molar-refractivity contribution in [1.29, 1.82) is 0 Å². The van der Waals surface area contributed by atoms with E-state index in [1.807, 2.05) is 12.1 Å². The molecule has 0 radical (unpaired) electrons. The van der Waals surface area contributed by atoms with Gasteiger partial charge in [0, 0.05) is 13.1 Å². The quantitative estimate of drug-likeness (QED) is 0.806. The van der Waals surface area contributed by atoms with Crippen LogP contribution in [-0.4, -0.2) is 31.6 Å². The molecule has 2 rings (SSSR count). The van der Waals surface area contributed by atoms with E-state index in [9.17, 15) is 9.59 Å². The van der Waals surface area contributed by atoms with Crippen LogP contribution in [0.3, 0.4) is 0 Å². The zero-order chi connectivity index (χ0) is 14.5. The molecular formula is C14H18N2O4. The van der Waals surface area contributed by atoms with E-state index in [1.54, 1.807) is 17.9 Å². The normalized spacial score (nSPS) is 13.7. The van der Waals surface area contributed by atoms with E-state index in [1.165, 1.54) is 0 Å². The molecule has 6 heteroatoms. The van der Waals surface area contributed by atoms with Crippen molar-refractivity contribution in [2.45, 2.75) is 19.9 Å². The summed E-state index contributed by atoms with van der Waals surface area (Å²) in [6, 6.07) is 5.47. The largest absolute Gasteiger partial charge is 0.482 e. The zero-order valence-corrected chi connectivity index (χ0v) is 11.4. The molecule has 1 amide bonds. The van der Waals surface area contributed by atoms with Crippen molar-refractivity contribution in [3.63, 3.8) is 0 Å². The number of ether oxygens (including phenoxy) is 2. The number of amides is 1. The van der Waals surface area contributed by atoms with Crippen molar-refractivity contribution in [2.24, 2.45) is 5.73 Å². The Labute approximate surface area is 117 Å². The smallest absolute Gasteiger partial charge is 0.307 e. The summed E-state index contributed by atoms with van der Waals surface area (Å²) in [5.41, 5.74) is 7.17. The van der Waals surface area contributed by atoms with Crippen LogP contribution in [0.4, 0.5) is 5.69 Å². The Bertz CT molecular complexity index is 516. The highest BCUT2D eigenvalue weighted by Crippen LogP contribution is 2.33. The molecule has 108 valence electrons. The summed E-state index contributed by atoms with van der Waals surface area (Å²) in [7, 11) is 0. The van der Waals surface area contributed by atoms with Crippen molar-refractivity contribution in [2.75, 3.05) is 24.7 Å². The zero-order valence-electron chi connectivity index (χ0n) is 11.4. The lowest BCUT2D eigenvalue weighted by Gasteiger charge is -2.29. The molecule has 0 fully saturated rings. The highest BCUT2D eigenvalue weighted by atomic mass is 16.5. The van der Waals surface area contributed by atoms with Crippen LogP contribution in [0.15, 0.2) is 18.2 Å². The Morgan fingerprint density at radius 1 is 1.50 bits per heavy atom. The third-order valence-electron chi connectivity index (χ3n) is 3.05. The van der Waals surface area contributed by atoms with E-state index >= 15 is 0 Å². The minimum atomic E-state index is -0.316. The Hall–Kier alpha value is -2.08. The molecule has 0 spiro atoms. The lowest BCUT2D eigenvalue weighted by molar-refractivity contribution is -0.142. The van der Waals surface area contributed by atoms with Crippen LogP contribution in [0, 0.1) is 0 Å². The Morgan fingerprint density at radius 2 is 2.30 bits per heavy atom. The predicted octanol–water partition coefficient (Wildman–Crippen LogP) is 0.824. The summed E-state index contributed by atoms with van der Waals surface area (Å²) in [6.07, 6.45) is 0.159. The molecule has 0 bridgehead atoms. The third kappa shape index (κ3) is 3.08. The average molecular weight is 278 g/mol. The first-order chi connectivity index (χ1) is 9.65. The van der Waals surface area contributed by atoms with E-state index in [-0.39, 0.29) is 31.4 Å². The van der Waals surface area contributed by atoms with Gasteiger partial charge in [-0.2, -0.15) is 0 Å². The van der Waals surface area contributed by atoms with Gasteiger partial charge in [0.2, 0.25) is 0 Å². The topological polar surface area (TPSA) is 81.9 Å². The number of nitrogens with two attached hydrogens (primary N) is 1. The predicted molar refractivity (Wildman–Crippen MR) is 73.4 cm³/mol. The number of carbonyl (C=O) groups is 2. The number of rotatable bonds is 5. The minimum absolute atomic E-state index is 0.0161. The van der Waals surface area contributed by atoms with Gasteiger partial charge in [-0.25, -0.2) is 0 Å². The minimum Gasteiger partial charge on any atom is -0.482 e. The van der Waals surface area contributed by atoms with Gasteiger partial charge in [0.05, 0.1) is 18.7 Å². The number of hydrogen-bond donors (Lipinski definition) is 1. The molecule has 2 N–H and O–H groups in total. The summed E-state index contributed by atoms with van der Waals surface area (Å²) < 4.78 is 10.2. The second kappa shape index (κ2) is 6.38. The highest BCUT2D eigenvalue weighted by molar-refractivity contribution is 5.98. The van der Waals surface area contributed by atoms with Crippen molar-refractivity contribution in [3.05, 3.63) is 23.8 Å². The van der Waals surface area contributed by atoms with Gasteiger partial charge >= 0.3 is 5.97 Å². The van der Waals surface area contributed by atoms with Crippen LogP contribution < -0.4 is 15.4 Å². The summed E-state index contributed by atoms with van der Waals surface area (Å²) >= 11 is 0. The first-order valence-electron chi connectivity index (χ1n) is 6.57. The fraction of sp³-hybridized carbons (Fsp3) is 0.429. The van der Waals surface area contributed by atoms with E-state index in [0.717, 1.165) is 5.56 Å². The Balaban J connectivity index is 2.16. The Morgan fingerprint density at radius 3 is 3.00 bits per heavy atom. The van der Waals surface area contributed by atoms with E-state index in [2.05, 4.69) is 0 Å². The summed E-state index contributed by atoms with van der Waals surface area (Å²) in [6.45, 7) is 2.73. The van der Waals surface area contributed by atoms with Gasteiger partial charge in [-0.3, -0.25) is 9.59 Å². The summed E-state index contributed by atoms with van der Waals surface area (Å²) in [4.78, 5) is 24.9. The molecule has 0 saturated heterocycles. The second-order valence-electron chi connectivity index (χ2n) is 4.40. The SMILES string of the molecule is CCOC(=O)CCN1C(=O)COc2ccc(CN)cc21. The molecule has 1 aliphatic heterocycles. The molecule has 1 aliphatic rings. The molecule has 0 aromatic heterocycles. The fourth-order valence-electron chi connectivity index (χ4n) is 2.06. The molecule has 1 aromatic carbocycles. The van der Waals surface area contributed by atoms with Crippen LogP contribution in [-0.2, 0) is 20.9 Å². The number of anilines is 1. The highest BCUT2D eigenvalue weighted by Gasteiger charge is 2.26. The Kier molecular flexibility index (Phi) is 4.57. The van der Waals surface area contributed by atoms with E-state index in [0.29, 0.717) is 24.6 Å². The molecular weight excluding hydrogens is 260 g/mol. The van der Waals surface area contributed by atoms with Crippen molar-refractivity contribution in [1.82, 2.24) is 0 Å². The molecule has 0 saturated carbocycles. The maximum Gasteiger partial charge on any atom is 0.307 e. The number of carbonyl (C=O) groups excluding carboxylic acids is 2. The number of nitrogens with zero attached hydrogens (tertiary/aromatic N) is 1. The first kappa shape index (κ1) is 14.3. The molecule has 20 heavy (non-hydrogen) atoms. The maximum absolute atomic E-state index is 11.9. The summed E-state index contributed by atoms with van der Waals surface area (Å²) in [5, 5.41) is 0. The van der Waals surface area contributed by atoms with Gasteiger partial charge in [0.1, 0.15) is 5.75 Å². The van der Waals surface area contributed by atoms with Gasteiger partial charge in [-0.1, -0.05) is 6.07 Å². The lowest BCUT2D eigenvalue weighted by atomic mass is 10.1. The number of fused-ring (bicyclic) bond motifs is 1. The van der Waals surface area contributed by atoms with E-state index < -0.39 is 0 Å². The molecule has 1 heterocycles. The van der Waals surface area contributed by atoms with Crippen molar-refractivity contribution >= 4 is 17.6 Å². The van der Waals surface area contributed by atoms with Crippen molar-refractivity contribution < 1.29 is 19.1 Å². The van der Waals surface area contributed by atoms with Crippen LogP contribution in [0.2, 0.25) is 0 Å². The van der Waals surface area contributed by atoms with Crippen molar-refractivity contribution in [3.8, 4) is 5.75 Å². The van der Waals surface area contributed by atoms with Gasteiger partial charge in [-0.15, -0.1) is 0 Å². The molecule has 0 aliphatic carbocycles. The van der Waals surface area contributed by atoms with E-state index in [4.69, 9.17) is 15.2 Å². The summed E-state index contributed by atoms with van der Waals surface area (Å²) in [5.74, 6) is 0.143. The molecule has 0 unspecified atom stereocenters. The average Bonchev–Trinajstić information content (AvgIpc) is 2.46. The molecule has 1 aromatic rings. The number of benzene rings is 1. The van der Waals surface area contributed by atoms with Crippen LogP contribution in [0.25, 0.3) is 0 Å². The van der Waals surface area contributed by atoms with Gasteiger partial charge in [0.25, 0.3) is 5.91 Å². The molecule has 0 atom stereocenters. The van der Waals surface area contributed by atoms with Gasteiger partial charge < -0.3 is 20.1 Å². The number of hydrogen-bond acceptors (Lipinski definition) is 5. The lowest BCUT2D eigenvalue weighted by Crippen LogP contribution is -2.40. The second-order valence-corrected chi connectivity index (χ2v) is 4.40. The monoisotopic (exact) mass is 278 g/mol. The molecule has 6 nitrogen and oxygen atoms in total. The van der Waals surface area contributed by atoms with Crippen LogP contribution in [0.1, 0.15) is 18.9 Å². The van der Waals surface area contributed by atoms with Gasteiger partial charge in [0.15, 0.2) is 6.61 Å². The first-order valence-corrected chi connectivity index (χ1v) is 6.57.